The number of nitrogens with one attached hydrogen (secondary N) is 1. The molecule has 20 heavy (non-hydrogen) atoms. The van der Waals surface area contributed by atoms with Crippen LogP contribution in [-0.4, -0.2) is 34.5 Å². The quantitative estimate of drug-likeness (QED) is 0.870. The standard InChI is InChI=1S/C14H18N4O2/c1-11-8-13(17-20-11)10-18(2)7-5-14(19)16-12-4-3-6-15-9-12/h3-4,6,8-9H,5,7,10H2,1-2H3,(H,16,19). The van der Waals surface area contributed by atoms with Gasteiger partial charge in [-0.15, -0.1) is 0 Å². The monoisotopic (exact) mass is 274 g/mol. The first-order chi connectivity index (χ1) is 9.63. The van der Waals surface area contributed by atoms with Crippen LogP contribution < -0.4 is 5.32 Å². The molecule has 0 radical (unpaired) electrons. The van der Waals surface area contributed by atoms with Crippen molar-refractivity contribution in [2.24, 2.45) is 0 Å². The number of hydrogen-bond acceptors (Lipinski definition) is 5. The van der Waals surface area contributed by atoms with E-state index in [1.165, 1.54) is 0 Å². The third-order valence-electron chi connectivity index (χ3n) is 2.77. The summed E-state index contributed by atoms with van der Waals surface area (Å²) in [7, 11) is 1.95. The van der Waals surface area contributed by atoms with Crippen LogP contribution >= 0.6 is 0 Å². The number of aryl methyl sites for hydroxylation is 1. The first kappa shape index (κ1) is 14.2. The first-order valence-corrected chi connectivity index (χ1v) is 6.44. The molecule has 106 valence electrons. The third-order valence-corrected chi connectivity index (χ3v) is 2.77. The molecule has 0 aliphatic carbocycles. The molecule has 0 atom stereocenters. The maximum Gasteiger partial charge on any atom is 0.225 e. The smallest absolute Gasteiger partial charge is 0.225 e. The fourth-order valence-electron chi connectivity index (χ4n) is 1.80. The van der Waals surface area contributed by atoms with E-state index in [2.05, 4.69) is 15.5 Å². The molecule has 2 heterocycles. The number of nitrogens with zero attached hydrogens (tertiary/aromatic N) is 3. The van der Waals surface area contributed by atoms with Crippen molar-refractivity contribution in [3.63, 3.8) is 0 Å². The van der Waals surface area contributed by atoms with Gasteiger partial charge in [-0.3, -0.25) is 14.7 Å². The normalized spacial score (nSPS) is 10.8. The van der Waals surface area contributed by atoms with Crippen LogP contribution in [0.15, 0.2) is 35.1 Å². The molecule has 2 aromatic heterocycles. The van der Waals surface area contributed by atoms with E-state index in [9.17, 15) is 4.79 Å². The van der Waals surface area contributed by atoms with Gasteiger partial charge in [0.15, 0.2) is 0 Å². The second-order valence-corrected chi connectivity index (χ2v) is 4.71. The number of carbonyl (C=O) groups excluding carboxylic acids is 1. The van der Waals surface area contributed by atoms with Crippen LogP contribution in [0.4, 0.5) is 5.69 Å². The van der Waals surface area contributed by atoms with Crippen molar-refractivity contribution >= 4 is 11.6 Å². The molecule has 0 unspecified atom stereocenters. The lowest BCUT2D eigenvalue weighted by atomic mass is 10.3. The molecule has 6 heteroatoms. The summed E-state index contributed by atoms with van der Waals surface area (Å²) in [6.45, 7) is 3.17. The maximum absolute atomic E-state index is 11.8. The van der Waals surface area contributed by atoms with Crippen molar-refractivity contribution in [2.45, 2.75) is 19.9 Å². The van der Waals surface area contributed by atoms with Gasteiger partial charge in [0.1, 0.15) is 5.76 Å². The Bertz CT molecular complexity index is 553. The van der Waals surface area contributed by atoms with Gasteiger partial charge in [0.2, 0.25) is 5.91 Å². The summed E-state index contributed by atoms with van der Waals surface area (Å²) in [4.78, 5) is 17.7. The zero-order chi connectivity index (χ0) is 14.4. The lowest BCUT2D eigenvalue weighted by molar-refractivity contribution is -0.116. The van der Waals surface area contributed by atoms with Gasteiger partial charge >= 0.3 is 0 Å². The Morgan fingerprint density at radius 1 is 1.50 bits per heavy atom. The second kappa shape index (κ2) is 6.81. The molecule has 0 fully saturated rings. The number of anilines is 1. The molecule has 6 nitrogen and oxygen atoms in total. The number of rotatable bonds is 6. The lowest BCUT2D eigenvalue weighted by Gasteiger charge is -2.14. The van der Waals surface area contributed by atoms with E-state index in [0.717, 1.165) is 11.5 Å². The molecule has 0 saturated heterocycles. The highest BCUT2D eigenvalue weighted by molar-refractivity contribution is 5.90. The molecule has 0 bridgehead atoms. The fraction of sp³-hybridized carbons (Fsp3) is 0.357. The number of aromatic nitrogens is 2. The highest BCUT2D eigenvalue weighted by Crippen LogP contribution is 2.06. The molecular formula is C14H18N4O2. The molecule has 0 aliphatic heterocycles. The van der Waals surface area contributed by atoms with Crippen molar-refractivity contribution in [2.75, 3.05) is 18.9 Å². The fourth-order valence-corrected chi connectivity index (χ4v) is 1.80. The van der Waals surface area contributed by atoms with E-state index in [1.807, 2.05) is 31.0 Å². The van der Waals surface area contributed by atoms with Gasteiger partial charge < -0.3 is 9.84 Å². The van der Waals surface area contributed by atoms with Crippen molar-refractivity contribution in [3.05, 3.63) is 42.0 Å². The Balaban J connectivity index is 1.73. The van der Waals surface area contributed by atoms with Crippen LogP contribution in [0.2, 0.25) is 0 Å². The zero-order valence-corrected chi connectivity index (χ0v) is 11.7. The van der Waals surface area contributed by atoms with E-state index in [0.29, 0.717) is 25.2 Å². The summed E-state index contributed by atoms with van der Waals surface area (Å²) in [6.07, 6.45) is 3.71. The van der Waals surface area contributed by atoms with Crippen molar-refractivity contribution in [1.82, 2.24) is 15.0 Å². The Morgan fingerprint density at radius 3 is 3.00 bits per heavy atom. The highest BCUT2D eigenvalue weighted by atomic mass is 16.5. The van der Waals surface area contributed by atoms with Gasteiger partial charge in [-0.2, -0.15) is 0 Å². The molecule has 0 aromatic carbocycles. The van der Waals surface area contributed by atoms with Crippen LogP contribution in [0.25, 0.3) is 0 Å². The average molecular weight is 274 g/mol. The summed E-state index contributed by atoms with van der Waals surface area (Å²) < 4.78 is 5.01. The Morgan fingerprint density at radius 2 is 2.35 bits per heavy atom. The van der Waals surface area contributed by atoms with Gasteiger partial charge in [0, 0.05) is 31.8 Å². The molecule has 0 aliphatic rings. The van der Waals surface area contributed by atoms with Crippen LogP contribution in [0.1, 0.15) is 17.9 Å². The maximum atomic E-state index is 11.8. The summed E-state index contributed by atoms with van der Waals surface area (Å²) in [5.41, 5.74) is 1.59. The van der Waals surface area contributed by atoms with E-state index in [-0.39, 0.29) is 5.91 Å². The predicted octanol–water partition coefficient (Wildman–Crippen LogP) is 1.84. The lowest BCUT2D eigenvalue weighted by Crippen LogP contribution is -2.24. The summed E-state index contributed by atoms with van der Waals surface area (Å²) in [5.74, 6) is 0.768. The average Bonchev–Trinajstić information content (AvgIpc) is 2.83. The summed E-state index contributed by atoms with van der Waals surface area (Å²) in [6, 6.07) is 5.49. The van der Waals surface area contributed by atoms with Crippen molar-refractivity contribution < 1.29 is 9.32 Å². The minimum atomic E-state index is -0.0267. The van der Waals surface area contributed by atoms with Crippen molar-refractivity contribution in [1.29, 1.82) is 0 Å². The van der Waals surface area contributed by atoms with Crippen LogP contribution in [0.5, 0.6) is 0 Å². The van der Waals surface area contributed by atoms with Crippen LogP contribution in [0.3, 0.4) is 0 Å². The Kier molecular flexibility index (Phi) is 4.84. The van der Waals surface area contributed by atoms with Gasteiger partial charge in [0.25, 0.3) is 0 Å². The molecule has 0 saturated carbocycles. The molecule has 0 spiro atoms. The summed E-state index contributed by atoms with van der Waals surface area (Å²) in [5, 5.41) is 6.73. The zero-order valence-electron chi connectivity index (χ0n) is 11.7. The second-order valence-electron chi connectivity index (χ2n) is 4.71. The molecule has 1 amide bonds. The van der Waals surface area contributed by atoms with Crippen LogP contribution in [-0.2, 0) is 11.3 Å². The number of hydrogen-bond donors (Lipinski definition) is 1. The van der Waals surface area contributed by atoms with Gasteiger partial charge in [-0.1, -0.05) is 5.16 Å². The summed E-state index contributed by atoms with van der Waals surface area (Å²) >= 11 is 0. The SMILES string of the molecule is Cc1cc(CN(C)CCC(=O)Nc2cccnc2)no1. The third kappa shape index (κ3) is 4.47. The topological polar surface area (TPSA) is 71.3 Å². The highest BCUT2D eigenvalue weighted by Gasteiger charge is 2.08. The van der Waals surface area contributed by atoms with Gasteiger partial charge in [-0.25, -0.2) is 0 Å². The number of pyridine rings is 1. The van der Waals surface area contributed by atoms with E-state index >= 15 is 0 Å². The number of carbonyl (C=O) groups is 1. The number of amides is 1. The van der Waals surface area contributed by atoms with Crippen molar-refractivity contribution in [3.8, 4) is 0 Å². The molecule has 2 rings (SSSR count). The minimum absolute atomic E-state index is 0.0267. The molecule has 1 N–H and O–H groups in total. The minimum Gasteiger partial charge on any atom is -0.361 e. The van der Waals surface area contributed by atoms with E-state index < -0.39 is 0 Å². The van der Waals surface area contributed by atoms with E-state index in [4.69, 9.17) is 4.52 Å². The molecule has 2 aromatic rings. The Labute approximate surface area is 117 Å². The first-order valence-electron chi connectivity index (χ1n) is 6.44. The van der Waals surface area contributed by atoms with Gasteiger partial charge in [0.05, 0.1) is 17.6 Å². The van der Waals surface area contributed by atoms with Gasteiger partial charge in [-0.05, 0) is 26.1 Å². The Hall–Kier alpha value is -2.21. The van der Waals surface area contributed by atoms with E-state index in [1.54, 1.807) is 18.5 Å². The predicted molar refractivity (Wildman–Crippen MR) is 75.1 cm³/mol. The largest absolute Gasteiger partial charge is 0.361 e. The molecular weight excluding hydrogens is 256 g/mol. The van der Waals surface area contributed by atoms with Crippen LogP contribution in [0, 0.1) is 6.92 Å².